The van der Waals surface area contributed by atoms with Crippen LogP contribution in [0.5, 0.6) is 11.5 Å². The number of piperazine rings is 1. The summed E-state index contributed by atoms with van der Waals surface area (Å²) in [6.07, 6.45) is 0. The first-order valence-corrected chi connectivity index (χ1v) is 11.5. The molecule has 176 valence electrons. The molecule has 2 aromatic carbocycles. The number of rotatable bonds is 5. The number of carbonyl (C=O) groups excluding carboxylic acids is 2. The lowest BCUT2D eigenvalue weighted by atomic mass is 9.87. The smallest absolute Gasteiger partial charge is 0.253 e. The number of aryl methyl sites for hydroxylation is 1. The number of benzene rings is 2. The summed E-state index contributed by atoms with van der Waals surface area (Å²) in [4.78, 5) is 33.0. The van der Waals surface area contributed by atoms with Crippen molar-refractivity contribution in [2.24, 2.45) is 5.92 Å². The standard InChI is InChI=1S/C26H33N3O4/c1-18-5-7-19(8-6-18)25(30)29-16-22(21-15-20(32-3)9-10-24(21)33-4)23(17-29)26(31)28-13-11-27(2)12-14-28/h5-10,15,22-23H,11-14,16-17H2,1-4H3/t22-,23+/m1/s1. The second-order valence-corrected chi connectivity index (χ2v) is 9.03. The Morgan fingerprint density at radius 1 is 0.879 bits per heavy atom. The van der Waals surface area contributed by atoms with Crippen LogP contribution in [0.3, 0.4) is 0 Å². The molecule has 0 bridgehead atoms. The van der Waals surface area contributed by atoms with Crippen LogP contribution in [0.1, 0.15) is 27.4 Å². The van der Waals surface area contributed by atoms with E-state index in [2.05, 4.69) is 11.9 Å². The number of amides is 2. The molecule has 33 heavy (non-hydrogen) atoms. The fourth-order valence-corrected chi connectivity index (χ4v) is 4.80. The molecule has 2 fully saturated rings. The molecule has 2 aliphatic rings. The molecular formula is C26H33N3O4. The van der Waals surface area contributed by atoms with Crippen molar-refractivity contribution in [3.8, 4) is 11.5 Å². The van der Waals surface area contributed by atoms with Gasteiger partial charge < -0.3 is 24.2 Å². The van der Waals surface area contributed by atoms with Crippen LogP contribution >= 0.6 is 0 Å². The zero-order chi connectivity index (χ0) is 23.5. The highest BCUT2D eigenvalue weighted by atomic mass is 16.5. The average Bonchev–Trinajstić information content (AvgIpc) is 3.29. The van der Waals surface area contributed by atoms with Crippen LogP contribution in [0.4, 0.5) is 0 Å². The predicted octanol–water partition coefficient (Wildman–Crippen LogP) is 2.64. The van der Waals surface area contributed by atoms with Gasteiger partial charge in [-0.05, 0) is 44.3 Å². The quantitative estimate of drug-likeness (QED) is 0.700. The number of carbonyl (C=O) groups is 2. The fourth-order valence-electron chi connectivity index (χ4n) is 4.80. The van der Waals surface area contributed by atoms with Gasteiger partial charge in [0.25, 0.3) is 5.91 Å². The van der Waals surface area contributed by atoms with Crippen LogP contribution in [-0.4, -0.2) is 87.0 Å². The molecule has 2 amide bonds. The number of ether oxygens (including phenoxy) is 2. The minimum atomic E-state index is -0.330. The lowest BCUT2D eigenvalue weighted by Crippen LogP contribution is -2.50. The summed E-state index contributed by atoms with van der Waals surface area (Å²) in [5, 5.41) is 0. The molecule has 0 aliphatic carbocycles. The molecule has 0 spiro atoms. The van der Waals surface area contributed by atoms with Gasteiger partial charge in [0.1, 0.15) is 11.5 Å². The normalized spacial score (nSPS) is 21.2. The molecule has 7 nitrogen and oxygen atoms in total. The van der Waals surface area contributed by atoms with E-state index in [4.69, 9.17) is 9.47 Å². The highest BCUT2D eigenvalue weighted by molar-refractivity contribution is 5.95. The Morgan fingerprint density at radius 2 is 1.58 bits per heavy atom. The molecule has 4 rings (SSSR count). The molecule has 2 atom stereocenters. The van der Waals surface area contributed by atoms with Crippen LogP contribution in [0.15, 0.2) is 42.5 Å². The number of nitrogens with zero attached hydrogens (tertiary/aromatic N) is 3. The number of likely N-dealkylation sites (tertiary alicyclic amines) is 1. The highest BCUT2D eigenvalue weighted by Gasteiger charge is 2.43. The van der Waals surface area contributed by atoms with E-state index in [0.29, 0.717) is 43.2 Å². The Morgan fingerprint density at radius 3 is 2.21 bits per heavy atom. The topological polar surface area (TPSA) is 62.3 Å². The zero-order valence-corrected chi connectivity index (χ0v) is 19.9. The van der Waals surface area contributed by atoms with E-state index in [-0.39, 0.29) is 23.7 Å². The van der Waals surface area contributed by atoms with Gasteiger partial charge in [0, 0.05) is 56.3 Å². The maximum atomic E-state index is 13.7. The van der Waals surface area contributed by atoms with Crippen LogP contribution in [-0.2, 0) is 4.79 Å². The van der Waals surface area contributed by atoms with E-state index in [1.54, 1.807) is 14.2 Å². The van der Waals surface area contributed by atoms with Crippen LogP contribution in [0, 0.1) is 12.8 Å². The van der Waals surface area contributed by atoms with E-state index in [1.165, 1.54) is 0 Å². The Kier molecular flexibility index (Phi) is 6.88. The highest BCUT2D eigenvalue weighted by Crippen LogP contribution is 2.40. The molecule has 2 aliphatic heterocycles. The summed E-state index contributed by atoms with van der Waals surface area (Å²) in [6.45, 7) is 5.98. The monoisotopic (exact) mass is 451 g/mol. The summed E-state index contributed by atoms with van der Waals surface area (Å²) in [7, 11) is 5.33. The fraction of sp³-hybridized carbons (Fsp3) is 0.462. The zero-order valence-electron chi connectivity index (χ0n) is 19.9. The summed E-state index contributed by atoms with van der Waals surface area (Å²) < 4.78 is 11.1. The first-order valence-electron chi connectivity index (χ1n) is 11.5. The van der Waals surface area contributed by atoms with Gasteiger partial charge in [-0.15, -0.1) is 0 Å². The van der Waals surface area contributed by atoms with E-state index in [1.807, 2.05) is 59.2 Å². The second-order valence-electron chi connectivity index (χ2n) is 9.03. The van der Waals surface area contributed by atoms with E-state index >= 15 is 0 Å². The summed E-state index contributed by atoms with van der Waals surface area (Å²) >= 11 is 0. The van der Waals surface area contributed by atoms with Crippen molar-refractivity contribution in [2.45, 2.75) is 12.8 Å². The van der Waals surface area contributed by atoms with E-state index in [0.717, 1.165) is 24.2 Å². The van der Waals surface area contributed by atoms with Crippen molar-refractivity contribution in [3.63, 3.8) is 0 Å². The third-order valence-corrected chi connectivity index (χ3v) is 6.87. The molecule has 0 unspecified atom stereocenters. The molecular weight excluding hydrogens is 418 g/mol. The third kappa shape index (κ3) is 4.83. The van der Waals surface area contributed by atoms with Crippen LogP contribution in [0.2, 0.25) is 0 Å². The van der Waals surface area contributed by atoms with Crippen molar-refractivity contribution in [1.82, 2.24) is 14.7 Å². The summed E-state index contributed by atoms with van der Waals surface area (Å²) in [6, 6.07) is 13.3. The van der Waals surface area contributed by atoms with Crippen molar-refractivity contribution in [2.75, 3.05) is 60.5 Å². The van der Waals surface area contributed by atoms with Crippen molar-refractivity contribution in [1.29, 1.82) is 0 Å². The third-order valence-electron chi connectivity index (χ3n) is 6.87. The molecule has 0 N–H and O–H groups in total. The van der Waals surface area contributed by atoms with Crippen LogP contribution in [0.25, 0.3) is 0 Å². The Bertz CT molecular complexity index is 999. The van der Waals surface area contributed by atoms with E-state index < -0.39 is 0 Å². The van der Waals surface area contributed by atoms with Gasteiger partial charge in [0.05, 0.1) is 20.1 Å². The van der Waals surface area contributed by atoms with Gasteiger partial charge in [0.15, 0.2) is 0 Å². The maximum absolute atomic E-state index is 13.7. The first-order chi connectivity index (χ1) is 15.9. The lowest BCUT2D eigenvalue weighted by Gasteiger charge is -2.35. The average molecular weight is 452 g/mol. The van der Waals surface area contributed by atoms with Gasteiger partial charge >= 0.3 is 0 Å². The number of methoxy groups -OCH3 is 2. The number of hydrogen-bond acceptors (Lipinski definition) is 5. The molecule has 2 saturated heterocycles. The van der Waals surface area contributed by atoms with Gasteiger partial charge in [-0.25, -0.2) is 0 Å². The Balaban J connectivity index is 1.66. The largest absolute Gasteiger partial charge is 0.497 e. The first kappa shape index (κ1) is 23.1. The van der Waals surface area contributed by atoms with Crippen molar-refractivity contribution in [3.05, 3.63) is 59.2 Å². The number of hydrogen-bond donors (Lipinski definition) is 0. The van der Waals surface area contributed by atoms with Gasteiger partial charge in [-0.3, -0.25) is 9.59 Å². The summed E-state index contributed by atoms with van der Waals surface area (Å²) in [5.41, 5.74) is 2.66. The van der Waals surface area contributed by atoms with E-state index in [9.17, 15) is 9.59 Å². The van der Waals surface area contributed by atoms with Gasteiger partial charge in [-0.2, -0.15) is 0 Å². The van der Waals surface area contributed by atoms with Crippen molar-refractivity contribution < 1.29 is 19.1 Å². The molecule has 2 heterocycles. The molecule has 0 saturated carbocycles. The van der Waals surface area contributed by atoms with Crippen molar-refractivity contribution >= 4 is 11.8 Å². The minimum Gasteiger partial charge on any atom is -0.497 e. The Hall–Kier alpha value is -3.06. The number of likely N-dealkylation sites (N-methyl/N-ethyl adjacent to an activating group) is 1. The molecule has 2 aromatic rings. The predicted molar refractivity (Wildman–Crippen MR) is 127 cm³/mol. The molecule has 0 radical (unpaired) electrons. The summed E-state index contributed by atoms with van der Waals surface area (Å²) in [5.74, 6) is 0.981. The lowest BCUT2D eigenvalue weighted by molar-refractivity contribution is -0.137. The minimum absolute atomic E-state index is 0.0458. The second kappa shape index (κ2) is 9.83. The SMILES string of the molecule is COc1ccc(OC)c([C@H]2CN(C(=O)c3ccc(C)cc3)C[C@@H]2C(=O)N2CCN(C)CC2)c1. The molecule has 0 aromatic heterocycles. The molecule has 7 heteroatoms. The maximum Gasteiger partial charge on any atom is 0.253 e. The Labute approximate surface area is 195 Å². The van der Waals surface area contributed by atoms with Gasteiger partial charge in [0.2, 0.25) is 5.91 Å². The van der Waals surface area contributed by atoms with Crippen LogP contribution < -0.4 is 9.47 Å². The van der Waals surface area contributed by atoms with Gasteiger partial charge in [-0.1, -0.05) is 17.7 Å².